The lowest BCUT2D eigenvalue weighted by atomic mass is 9.50. The Bertz CT molecular complexity index is 1540. The van der Waals surface area contributed by atoms with Crippen molar-refractivity contribution in [3.8, 4) is 11.1 Å². The van der Waals surface area contributed by atoms with E-state index in [0.717, 1.165) is 53.3 Å². The highest BCUT2D eigenvalue weighted by molar-refractivity contribution is 5.82. The molecule has 4 fully saturated rings. The summed E-state index contributed by atoms with van der Waals surface area (Å²) in [5, 5.41) is 17.9. The van der Waals surface area contributed by atoms with Gasteiger partial charge in [-0.1, -0.05) is 0 Å². The monoisotopic (exact) mass is 519 g/mol. The molecule has 2 bridgehead atoms. The predicted molar refractivity (Wildman–Crippen MR) is 137 cm³/mol. The lowest BCUT2D eigenvalue weighted by molar-refractivity contribution is -0.0532. The van der Waals surface area contributed by atoms with Crippen LogP contribution >= 0.6 is 0 Å². The summed E-state index contributed by atoms with van der Waals surface area (Å²) in [6.45, 7) is 3.95. The van der Waals surface area contributed by atoms with Gasteiger partial charge in [0.25, 0.3) is 0 Å². The Balaban J connectivity index is 1.07. The van der Waals surface area contributed by atoms with Gasteiger partial charge in [-0.2, -0.15) is 10.2 Å². The van der Waals surface area contributed by atoms with Crippen LogP contribution in [0.15, 0.2) is 24.7 Å². The van der Waals surface area contributed by atoms with E-state index < -0.39 is 24.3 Å². The molecule has 4 aromatic rings. The smallest absolute Gasteiger partial charge is 0.407 e. The van der Waals surface area contributed by atoms with E-state index in [0.29, 0.717) is 30.3 Å². The number of ether oxygens (including phenoxy) is 1. The average molecular weight is 520 g/mol. The molecule has 4 aromatic heterocycles. The maximum Gasteiger partial charge on any atom is 0.407 e. The largest absolute Gasteiger partial charge is 0.443 e. The molecule has 198 valence electrons. The number of anilines is 2. The SMILES string of the molecule is Cc1nc(Nc2cc([C@H]3CC[C@@H](OC(=O)NC45CC(C4)C5)[C@H]3F)[nH]n2)n2ccnc2c1-c1cnn(C)c1C. The zero-order valence-corrected chi connectivity index (χ0v) is 21.5. The number of rotatable bonds is 6. The van der Waals surface area contributed by atoms with Gasteiger partial charge in [-0.05, 0) is 51.9 Å². The van der Waals surface area contributed by atoms with E-state index in [1.165, 1.54) is 0 Å². The maximum atomic E-state index is 15.3. The van der Waals surface area contributed by atoms with E-state index in [1.54, 1.807) is 12.3 Å². The molecule has 3 N–H and O–H groups in total. The summed E-state index contributed by atoms with van der Waals surface area (Å²) in [4.78, 5) is 21.7. The number of alkyl halides is 1. The molecule has 4 heterocycles. The second kappa shape index (κ2) is 8.27. The Labute approximate surface area is 218 Å². The van der Waals surface area contributed by atoms with Crippen molar-refractivity contribution in [1.82, 2.24) is 39.7 Å². The van der Waals surface area contributed by atoms with Crippen LogP contribution in [0.3, 0.4) is 0 Å². The lowest BCUT2D eigenvalue weighted by Gasteiger charge is -2.61. The molecule has 8 rings (SSSR count). The molecule has 0 saturated heterocycles. The van der Waals surface area contributed by atoms with Gasteiger partial charge in [-0.3, -0.25) is 14.2 Å². The summed E-state index contributed by atoms with van der Waals surface area (Å²) in [6.07, 6.45) is 6.92. The van der Waals surface area contributed by atoms with Crippen molar-refractivity contribution in [2.24, 2.45) is 13.0 Å². The first kappa shape index (κ1) is 23.2. The first-order chi connectivity index (χ1) is 18.3. The quantitative estimate of drug-likeness (QED) is 0.350. The van der Waals surface area contributed by atoms with E-state index in [1.807, 2.05) is 42.4 Å². The summed E-state index contributed by atoms with van der Waals surface area (Å²) in [5.74, 6) is 1.39. The van der Waals surface area contributed by atoms with Crippen molar-refractivity contribution < 1.29 is 13.9 Å². The van der Waals surface area contributed by atoms with Gasteiger partial charge in [0.1, 0.15) is 17.9 Å². The molecule has 3 atom stereocenters. The van der Waals surface area contributed by atoms with Crippen LogP contribution in [0.1, 0.15) is 55.1 Å². The van der Waals surface area contributed by atoms with Gasteiger partial charge in [0, 0.05) is 59.5 Å². The number of alkyl carbamates (subject to hydrolysis) is 1. The number of amides is 1. The van der Waals surface area contributed by atoms with Gasteiger partial charge in [0.15, 0.2) is 5.82 Å². The summed E-state index contributed by atoms with van der Waals surface area (Å²) in [6, 6.07) is 1.79. The molecule has 11 nitrogen and oxygen atoms in total. The Morgan fingerprint density at radius 3 is 2.79 bits per heavy atom. The minimum Gasteiger partial charge on any atom is -0.443 e. The number of imidazole rings is 1. The van der Waals surface area contributed by atoms with Crippen molar-refractivity contribution in [2.75, 3.05) is 5.32 Å². The van der Waals surface area contributed by atoms with Crippen LogP contribution in [0.2, 0.25) is 0 Å². The van der Waals surface area contributed by atoms with Gasteiger partial charge >= 0.3 is 6.09 Å². The third-order valence-corrected chi connectivity index (χ3v) is 8.64. The second-order valence-electron chi connectivity index (χ2n) is 11.1. The van der Waals surface area contributed by atoms with Gasteiger partial charge < -0.3 is 15.4 Å². The van der Waals surface area contributed by atoms with Gasteiger partial charge in [-0.15, -0.1) is 0 Å². The highest BCUT2D eigenvalue weighted by Crippen LogP contribution is 2.57. The van der Waals surface area contributed by atoms with E-state index in [4.69, 9.17) is 9.72 Å². The summed E-state index contributed by atoms with van der Waals surface area (Å²) < 4.78 is 24.5. The van der Waals surface area contributed by atoms with Crippen molar-refractivity contribution in [2.45, 2.75) is 69.7 Å². The molecule has 0 unspecified atom stereocenters. The molecular weight excluding hydrogens is 489 g/mol. The van der Waals surface area contributed by atoms with Crippen LogP contribution < -0.4 is 10.6 Å². The first-order valence-electron chi connectivity index (χ1n) is 13.1. The Kier molecular flexibility index (Phi) is 5.04. The van der Waals surface area contributed by atoms with Crippen LogP contribution in [0, 0.1) is 19.8 Å². The molecular formula is C26H30FN9O2. The molecule has 1 amide bonds. The van der Waals surface area contributed by atoms with Crippen LogP contribution in [0.4, 0.5) is 21.0 Å². The molecule has 0 spiro atoms. The Morgan fingerprint density at radius 1 is 1.26 bits per heavy atom. The average Bonchev–Trinajstić information content (AvgIpc) is 3.62. The standard InChI is InChI=1S/C26H30FN9O2/c1-13-21(17-12-29-35(3)14(17)2)23-28-6-7-36(23)24(30-13)31-20-8-18(33-34-20)16-4-5-19(22(16)27)38-25(37)32-26-9-15(10-26)11-26/h6-8,12,15-16,19,22H,4-5,9-11H2,1-3H3,(H,32,37)(H2,30,31,33,34)/t15?,16-,19-,22+,26?/m1/s1. The maximum absolute atomic E-state index is 15.3. The van der Waals surface area contributed by atoms with E-state index in [9.17, 15) is 4.79 Å². The Morgan fingerprint density at radius 2 is 2.08 bits per heavy atom. The number of carbonyl (C=O) groups is 1. The minimum atomic E-state index is -1.30. The highest BCUT2D eigenvalue weighted by atomic mass is 19.1. The van der Waals surface area contributed by atoms with Gasteiger partial charge in [0.2, 0.25) is 5.95 Å². The fraction of sp³-hybridized carbons (Fsp3) is 0.500. The summed E-state index contributed by atoms with van der Waals surface area (Å²) in [7, 11) is 1.90. The highest BCUT2D eigenvalue weighted by Gasteiger charge is 2.58. The first-order valence-corrected chi connectivity index (χ1v) is 13.1. The number of nitrogens with zero attached hydrogens (tertiary/aromatic N) is 6. The van der Waals surface area contributed by atoms with Crippen molar-refractivity contribution >= 4 is 23.5 Å². The number of halogens is 1. The van der Waals surface area contributed by atoms with Crippen molar-refractivity contribution in [3.63, 3.8) is 0 Å². The number of aromatic nitrogens is 7. The molecule has 0 aliphatic heterocycles. The zero-order valence-electron chi connectivity index (χ0n) is 21.5. The second-order valence-corrected chi connectivity index (χ2v) is 11.1. The van der Waals surface area contributed by atoms with E-state index in [2.05, 4.69) is 30.9 Å². The molecule has 0 radical (unpaired) electrons. The fourth-order valence-electron chi connectivity index (χ4n) is 6.33. The molecule has 38 heavy (non-hydrogen) atoms. The van der Waals surface area contributed by atoms with Crippen LogP contribution in [0.5, 0.6) is 0 Å². The zero-order chi connectivity index (χ0) is 26.2. The number of H-pyrrole nitrogens is 1. The number of hydrogen-bond acceptors (Lipinski definition) is 7. The third kappa shape index (κ3) is 3.57. The van der Waals surface area contributed by atoms with Crippen LogP contribution in [0.25, 0.3) is 16.8 Å². The Hall–Kier alpha value is -3.96. The number of hydrogen-bond donors (Lipinski definition) is 3. The number of aromatic amines is 1. The number of carbonyl (C=O) groups excluding carboxylic acids is 1. The molecule has 4 aliphatic rings. The van der Waals surface area contributed by atoms with Gasteiger partial charge in [-0.25, -0.2) is 19.2 Å². The van der Waals surface area contributed by atoms with Crippen molar-refractivity contribution in [1.29, 1.82) is 0 Å². The number of fused-ring (bicyclic) bond motifs is 1. The van der Waals surface area contributed by atoms with E-state index in [-0.39, 0.29) is 5.54 Å². The fourth-order valence-corrected chi connectivity index (χ4v) is 6.33. The van der Waals surface area contributed by atoms with E-state index >= 15 is 4.39 Å². The van der Waals surface area contributed by atoms with Gasteiger partial charge in [0.05, 0.1) is 11.9 Å². The molecule has 4 aliphatic carbocycles. The number of nitrogens with one attached hydrogen (secondary N) is 3. The summed E-state index contributed by atoms with van der Waals surface area (Å²) in [5.41, 5.74) is 5.05. The molecule has 12 heteroatoms. The normalized spacial score (nSPS) is 27.7. The summed E-state index contributed by atoms with van der Waals surface area (Å²) >= 11 is 0. The lowest BCUT2D eigenvalue weighted by Crippen LogP contribution is -2.68. The molecule has 4 saturated carbocycles. The van der Waals surface area contributed by atoms with Crippen LogP contribution in [-0.2, 0) is 11.8 Å². The topological polar surface area (TPSA) is 127 Å². The van der Waals surface area contributed by atoms with Crippen molar-refractivity contribution in [3.05, 3.63) is 41.7 Å². The third-order valence-electron chi connectivity index (χ3n) is 8.64. The molecule has 0 aromatic carbocycles. The minimum absolute atomic E-state index is 0.0857. The number of aryl methyl sites for hydroxylation is 2. The van der Waals surface area contributed by atoms with Crippen LogP contribution in [-0.4, -0.2) is 58.3 Å². The predicted octanol–water partition coefficient (Wildman–Crippen LogP) is 4.08.